The summed E-state index contributed by atoms with van der Waals surface area (Å²) in [5.41, 5.74) is -0.622. The molecule has 1 aliphatic heterocycles. The van der Waals surface area contributed by atoms with Gasteiger partial charge in [-0.2, -0.15) is 4.31 Å². The van der Waals surface area contributed by atoms with E-state index in [2.05, 4.69) is 0 Å². The summed E-state index contributed by atoms with van der Waals surface area (Å²) in [6.07, 6.45) is 1.77. The second kappa shape index (κ2) is 8.92. The molecule has 1 aliphatic carbocycles. The number of Topliss-reactive ketones (excluding diaryl/α,β-unsaturated/α-hetero) is 2. The number of amides is 1. The summed E-state index contributed by atoms with van der Waals surface area (Å²) in [7, 11) is -4.23. The van der Waals surface area contributed by atoms with Crippen LogP contribution in [0.25, 0.3) is 0 Å². The Kier molecular flexibility index (Phi) is 6.78. The number of sulfonamides is 1. The first kappa shape index (κ1) is 24.3. The minimum absolute atomic E-state index is 0.0934. The van der Waals surface area contributed by atoms with Crippen LogP contribution < -0.4 is 10.2 Å². The minimum atomic E-state index is -4.23. The third-order valence-corrected chi connectivity index (χ3v) is 8.14. The van der Waals surface area contributed by atoms with Gasteiger partial charge in [0.05, 0.1) is 11.5 Å². The van der Waals surface area contributed by atoms with Gasteiger partial charge in [-0.05, 0) is 42.5 Å². The fourth-order valence-corrected chi connectivity index (χ4v) is 6.08. The van der Waals surface area contributed by atoms with Gasteiger partial charge in [-0.25, -0.2) is 13.9 Å². The highest BCUT2D eigenvalue weighted by atomic mass is 32.2. The van der Waals surface area contributed by atoms with Crippen molar-refractivity contribution in [1.29, 1.82) is 0 Å². The first-order valence-electron chi connectivity index (χ1n) is 10.7. The number of hydroxylamine groups is 1. The van der Waals surface area contributed by atoms with Crippen molar-refractivity contribution in [2.24, 2.45) is 10.8 Å². The Hall–Kier alpha value is -2.30. The van der Waals surface area contributed by atoms with E-state index in [0.717, 1.165) is 17.1 Å². The van der Waals surface area contributed by atoms with Crippen molar-refractivity contribution in [1.82, 2.24) is 9.79 Å². The van der Waals surface area contributed by atoms with Crippen LogP contribution in [0, 0.1) is 10.8 Å². The second-order valence-corrected chi connectivity index (χ2v) is 11.3. The van der Waals surface area contributed by atoms with E-state index in [9.17, 15) is 28.0 Å². The van der Waals surface area contributed by atoms with Crippen molar-refractivity contribution in [3.8, 4) is 5.75 Å². The van der Waals surface area contributed by atoms with Gasteiger partial charge in [0, 0.05) is 19.4 Å². The van der Waals surface area contributed by atoms with E-state index in [-0.39, 0.29) is 35.7 Å². The van der Waals surface area contributed by atoms with E-state index >= 15 is 0 Å². The number of nitrogens with zero attached hydrogens (tertiary/aromatic N) is 1. The lowest BCUT2D eigenvalue weighted by Gasteiger charge is -2.38. The number of carbonyl (C=O) groups excluding carboxylic acids is 3. The van der Waals surface area contributed by atoms with E-state index < -0.39 is 39.3 Å². The van der Waals surface area contributed by atoms with E-state index in [0.29, 0.717) is 12.4 Å². The molecule has 9 nitrogen and oxygen atoms in total. The summed E-state index contributed by atoms with van der Waals surface area (Å²) >= 11 is 0. The highest BCUT2D eigenvalue weighted by Gasteiger charge is 2.61. The number of nitrogens with one attached hydrogen (secondary N) is 1. The van der Waals surface area contributed by atoms with Gasteiger partial charge in [0.2, 0.25) is 10.0 Å². The Morgan fingerprint density at radius 3 is 2.31 bits per heavy atom. The van der Waals surface area contributed by atoms with Crippen molar-refractivity contribution in [3.63, 3.8) is 0 Å². The van der Waals surface area contributed by atoms with Crippen molar-refractivity contribution >= 4 is 27.5 Å². The Morgan fingerprint density at radius 1 is 1.19 bits per heavy atom. The first-order chi connectivity index (χ1) is 15.0. The molecule has 10 heteroatoms. The van der Waals surface area contributed by atoms with Crippen LogP contribution >= 0.6 is 0 Å². The molecule has 1 atom stereocenters. The number of carbonyl (C=O) groups is 3. The molecule has 32 heavy (non-hydrogen) atoms. The molecule has 1 heterocycles. The number of benzene rings is 1. The van der Waals surface area contributed by atoms with Gasteiger partial charge in [-0.3, -0.25) is 19.6 Å². The molecule has 1 spiro atoms. The van der Waals surface area contributed by atoms with E-state index in [1.54, 1.807) is 13.8 Å². The predicted octanol–water partition coefficient (Wildman–Crippen LogP) is 2.08. The van der Waals surface area contributed by atoms with Crippen molar-refractivity contribution < 1.29 is 32.7 Å². The molecule has 2 N–H and O–H groups in total. The molecule has 2 aliphatic rings. The molecule has 3 rings (SSSR count). The normalized spacial score (nSPS) is 22.8. The molecule has 0 bridgehead atoms. The molecule has 0 radical (unpaired) electrons. The monoisotopic (exact) mass is 466 g/mol. The number of unbranched alkanes of at least 4 members (excludes halogenated alkanes) is 1. The smallest absolute Gasteiger partial charge is 0.261 e. The summed E-state index contributed by atoms with van der Waals surface area (Å²) in [4.78, 5) is 38.3. The SMILES string of the molecule is CCCCOc1ccc(S(=O)(=O)N2CC3(C[C@@H]2C(=O)NO)C(=O)CC(C)(C)CC3=O)cc1. The van der Waals surface area contributed by atoms with Crippen molar-refractivity contribution in [2.45, 2.75) is 63.8 Å². The molecule has 1 amide bonds. The lowest BCUT2D eigenvalue weighted by molar-refractivity contribution is -0.147. The van der Waals surface area contributed by atoms with Gasteiger partial charge in [-0.15, -0.1) is 0 Å². The predicted molar refractivity (Wildman–Crippen MR) is 115 cm³/mol. The fourth-order valence-electron chi connectivity index (χ4n) is 4.43. The molecule has 1 aromatic carbocycles. The van der Waals surface area contributed by atoms with Crippen molar-refractivity contribution in [2.75, 3.05) is 13.2 Å². The molecule has 176 valence electrons. The van der Waals surface area contributed by atoms with Gasteiger partial charge in [0.15, 0.2) is 0 Å². The van der Waals surface area contributed by atoms with Gasteiger partial charge in [-0.1, -0.05) is 27.2 Å². The minimum Gasteiger partial charge on any atom is -0.494 e. The van der Waals surface area contributed by atoms with Gasteiger partial charge in [0.1, 0.15) is 28.8 Å². The first-order valence-corrected chi connectivity index (χ1v) is 12.2. The van der Waals surface area contributed by atoms with Crippen LogP contribution in [0.2, 0.25) is 0 Å². The van der Waals surface area contributed by atoms with Gasteiger partial charge < -0.3 is 4.74 Å². The number of rotatable bonds is 7. The summed E-state index contributed by atoms with van der Waals surface area (Å²) < 4.78 is 33.2. The summed E-state index contributed by atoms with van der Waals surface area (Å²) in [5, 5.41) is 9.18. The van der Waals surface area contributed by atoms with Crippen LogP contribution in [-0.4, -0.2) is 54.6 Å². The average Bonchev–Trinajstić information content (AvgIpc) is 3.15. The lowest BCUT2D eigenvalue weighted by Crippen LogP contribution is -2.49. The molecular formula is C22H30N2O7S. The third kappa shape index (κ3) is 4.44. The van der Waals surface area contributed by atoms with E-state index in [1.165, 1.54) is 29.7 Å². The van der Waals surface area contributed by atoms with Crippen LogP contribution in [0.15, 0.2) is 29.2 Å². The van der Waals surface area contributed by atoms with E-state index in [1.807, 2.05) is 6.92 Å². The number of ketones is 2. The maximum absolute atomic E-state index is 13.4. The Labute approximate surface area is 188 Å². The molecule has 0 unspecified atom stereocenters. The lowest BCUT2D eigenvalue weighted by atomic mass is 9.62. The maximum Gasteiger partial charge on any atom is 0.261 e. The molecule has 1 aromatic rings. The second-order valence-electron chi connectivity index (χ2n) is 9.37. The number of hydrogen-bond acceptors (Lipinski definition) is 7. The molecule has 2 fully saturated rings. The van der Waals surface area contributed by atoms with Crippen LogP contribution in [0.5, 0.6) is 5.75 Å². The quantitative estimate of drug-likeness (QED) is 0.272. The summed E-state index contributed by atoms with van der Waals surface area (Å²) in [6, 6.07) is 4.40. The topological polar surface area (TPSA) is 130 Å². The average molecular weight is 467 g/mol. The number of ether oxygens (including phenoxy) is 1. The Bertz CT molecular complexity index is 982. The van der Waals surface area contributed by atoms with Crippen molar-refractivity contribution in [3.05, 3.63) is 24.3 Å². The van der Waals surface area contributed by atoms with Crippen LogP contribution in [0.4, 0.5) is 0 Å². The fraction of sp³-hybridized carbons (Fsp3) is 0.591. The maximum atomic E-state index is 13.4. The Balaban J connectivity index is 1.93. The summed E-state index contributed by atoms with van der Waals surface area (Å²) in [6.45, 7) is 5.73. The van der Waals surface area contributed by atoms with Crippen LogP contribution in [0.1, 0.15) is 52.9 Å². The molecular weight excluding hydrogens is 436 g/mol. The van der Waals surface area contributed by atoms with Crippen LogP contribution in [-0.2, 0) is 24.4 Å². The van der Waals surface area contributed by atoms with Crippen LogP contribution in [0.3, 0.4) is 0 Å². The zero-order valence-corrected chi connectivity index (χ0v) is 19.4. The van der Waals surface area contributed by atoms with Gasteiger partial charge >= 0.3 is 0 Å². The number of hydrogen-bond donors (Lipinski definition) is 2. The van der Waals surface area contributed by atoms with Gasteiger partial charge in [0.25, 0.3) is 5.91 Å². The molecule has 0 aromatic heterocycles. The Morgan fingerprint density at radius 2 is 1.78 bits per heavy atom. The summed E-state index contributed by atoms with van der Waals surface area (Å²) in [5.74, 6) is -1.20. The molecule has 1 saturated heterocycles. The molecule has 1 saturated carbocycles. The highest BCUT2D eigenvalue weighted by molar-refractivity contribution is 7.89. The standard InChI is InChI=1S/C22H30N2O7S/c1-4-5-10-31-15-6-8-16(9-7-15)32(29,30)24-14-22(11-17(24)20(27)23-28)18(25)12-21(2,3)13-19(22)26/h6-9,17,28H,4-5,10-14H2,1-3H3,(H,23,27)/t17-/m1/s1. The largest absolute Gasteiger partial charge is 0.494 e. The third-order valence-electron chi connectivity index (χ3n) is 6.27. The zero-order chi connectivity index (χ0) is 23.7. The zero-order valence-electron chi connectivity index (χ0n) is 18.6. The van der Waals surface area contributed by atoms with E-state index in [4.69, 9.17) is 4.74 Å². The highest BCUT2D eigenvalue weighted by Crippen LogP contribution is 2.48.